The summed E-state index contributed by atoms with van der Waals surface area (Å²) in [4.78, 5) is 36.7. The minimum absolute atomic E-state index is 0. The molecule has 2 atom stereocenters. The summed E-state index contributed by atoms with van der Waals surface area (Å²) >= 11 is 5.93. The van der Waals surface area contributed by atoms with Gasteiger partial charge in [0.25, 0.3) is 0 Å². The summed E-state index contributed by atoms with van der Waals surface area (Å²) in [5.74, 6) is -2.18. The van der Waals surface area contributed by atoms with Gasteiger partial charge in [0.2, 0.25) is 11.4 Å². The zero-order valence-corrected chi connectivity index (χ0v) is 20.2. The SMILES string of the molecule is CCOC(=O)C(CC[C@@H](CCl)OC(C)OCC)(NC(C)=O)C(=O)OCC.[Sn]. The number of ether oxygens (including phenoxy) is 4. The third-order valence-corrected chi connectivity index (χ3v) is 3.78. The van der Waals surface area contributed by atoms with Crippen molar-refractivity contribution in [3.05, 3.63) is 0 Å². The third kappa shape index (κ3) is 9.96. The molecule has 0 spiro atoms. The molecule has 8 nitrogen and oxygen atoms in total. The number of hydrogen-bond donors (Lipinski definition) is 1. The van der Waals surface area contributed by atoms with Crippen LogP contribution in [0.4, 0.5) is 0 Å². The first-order valence-electron chi connectivity index (χ1n) is 8.73. The van der Waals surface area contributed by atoms with Gasteiger partial charge in [0.15, 0.2) is 6.29 Å². The average Bonchev–Trinajstić information content (AvgIpc) is 2.57. The van der Waals surface area contributed by atoms with Gasteiger partial charge in [-0.05, 0) is 40.5 Å². The molecule has 0 aromatic rings. The van der Waals surface area contributed by atoms with Gasteiger partial charge >= 0.3 is 11.9 Å². The van der Waals surface area contributed by atoms with Crippen molar-refractivity contribution in [2.75, 3.05) is 25.7 Å². The van der Waals surface area contributed by atoms with Gasteiger partial charge in [-0.3, -0.25) is 4.79 Å². The summed E-state index contributed by atoms with van der Waals surface area (Å²) in [5, 5.41) is 2.40. The van der Waals surface area contributed by atoms with Crippen molar-refractivity contribution in [3.8, 4) is 0 Å². The van der Waals surface area contributed by atoms with Gasteiger partial charge in [-0.2, -0.15) is 0 Å². The van der Waals surface area contributed by atoms with E-state index in [2.05, 4.69) is 5.32 Å². The Kier molecular flexibility index (Phi) is 16.3. The van der Waals surface area contributed by atoms with Gasteiger partial charge in [-0.1, -0.05) is 0 Å². The van der Waals surface area contributed by atoms with Crippen LogP contribution in [-0.4, -0.2) is 85.4 Å². The second-order valence-corrected chi connectivity index (χ2v) is 5.81. The average molecular weight is 515 g/mol. The summed E-state index contributed by atoms with van der Waals surface area (Å²) in [6, 6.07) is 0. The zero-order chi connectivity index (χ0) is 20.2. The van der Waals surface area contributed by atoms with Crippen LogP contribution in [0, 0.1) is 0 Å². The van der Waals surface area contributed by atoms with Crippen molar-refractivity contribution >= 4 is 53.4 Å². The molecule has 156 valence electrons. The molecule has 10 heteroatoms. The third-order valence-electron chi connectivity index (χ3n) is 3.44. The van der Waals surface area contributed by atoms with Crippen molar-refractivity contribution in [3.63, 3.8) is 0 Å². The fourth-order valence-electron chi connectivity index (χ4n) is 2.37. The smallest absolute Gasteiger partial charge is 0.343 e. The zero-order valence-electron chi connectivity index (χ0n) is 16.6. The number of rotatable bonds is 13. The first-order valence-corrected chi connectivity index (χ1v) is 9.26. The van der Waals surface area contributed by atoms with E-state index < -0.39 is 35.8 Å². The summed E-state index contributed by atoms with van der Waals surface area (Å²) in [6.07, 6.45) is -0.862. The Morgan fingerprint density at radius 3 is 1.93 bits per heavy atom. The molecule has 0 aliphatic carbocycles. The second-order valence-electron chi connectivity index (χ2n) is 5.50. The van der Waals surface area contributed by atoms with Crippen LogP contribution in [0.3, 0.4) is 0 Å². The van der Waals surface area contributed by atoms with Crippen LogP contribution in [0.1, 0.15) is 47.5 Å². The number of alkyl halides is 1. The van der Waals surface area contributed by atoms with Crippen LogP contribution in [-0.2, 0) is 33.3 Å². The maximum absolute atomic E-state index is 12.5. The van der Waals surface area contributed by atoms with E-state index in [1.807, 2.05) is 6.92 Å². The summed E-state index contributed by atoms with van der Waals surface area (Å²) in [6.45, 7) is 8.55. The maximum Gasteiger partial charge on any atom is 0.343 e. The van der Waals surface area contributed by atoms with E-state index in [4.69, 9.17) is 30.5 Å². The Labute approximate surface area is 182 Å². The van der Waals surface area contributed by atoms with Gasteiger partial charge in [0, 0.05) is 43.3 Å². The van der Waals surface area contributed by atoms with Gasteiger partial charge in [-0.15, -0.1) is 11.6 Å². The van der Waals surface area contributed by atoms with Crippen molar-refractivity contribution in [2.45, 2.75) is 65.4 Å². The summed E-state index contributed by atoms with van der Waals surface area (Å²) in [5.41, 5.74) is -1.94. The molecule has 0 aliphatic rings. The monoisotopic (exact) mass is 515 g/mol. The van der Waals surface area contributed by atoms with Gasteiger partial charge < -0.3 is 24.3 Å². The number of amides is 1. The predicted octanol–water partition coefficient (Wildman–Crippen LogP) is 1.39. The van der Waals surface area contributed by atoms with Gasteiger partial charge in [0.1, 0.15) is 0 Å². The van der Waals surface area contributed by atoms with E-state index in [9.17, 15) is 14.4 Å². The van der Waals surface area contributed by atoms with E-state index >= 15 is 0 Å². The minimum Gasteiger partial charge on any atom is -0.464 e. The van der Waals surface area contributed by atoms with E-state index in [0.29, 0.717) is 6.61 Å². The van der Waals surface area contributed by atoms with Gasteiger partial charge in [-0.25, -0.2) is 9.59 Å². The van der Waals surface area contributed by atoms with Crippen molar-refractivity contribution < 1.29 is 33.3 Å². The first kappa shape index (κ1) is 28.6. The molecule has 0 aliphatic heterocycles. The summed E-state index contributed by atoms with van der Waals surface area (Å²) in [7, 11) is 0. The van der Waals surface area contributed by atoms with Crippen molar-refractivity contribution in [1.82, 2.24) is 5.32 Å². The topological polar surface area (TPSA) is 100 Å². The van der Waals surface area contributed by atoms with E-state index in [1.54, 1.807) is 20.8 Å². The molecule has 0 fully saturated rings. The van der Waals surface area contributed by atoms with Crippen LogP contribution >= 0.6 is 11.6 Å². The van der Waals surface area contributed by atoms with E-state index in [-0.39, 0.29) is 55.8 Å². The predicted molar refractivity (Wildman–Crippen MR) is 101 cm³/mol. The second kappa shape index (κ2) is 15.4. The molecule has 0 aromatic carbocycles. The molecule has 1 N–H and O–H groups in total. The van der Waals surface area contributed by atoms with Crippen molar-refractivity contribution in [1.29, 1.82) is 0 Å². The number of carbonyl (C=O) groups excluding carboxylic acids is 3. The largest absolute Gasteiger partial charge is 0.464 e. The Morgan fingerprint density at radius 2 is 1.56 bits per heavy atom. The Bertz CT molecular complexity index is 447. The molecule has 0 rings (SSSR count). The molecule has 1 amide bonds. The molecule has 1 unspecified atom stereocenters. The molecule has 27 heavy (non-hydrogen) atoms. The number of carbonyl (C=O) groups is 3. The number of hydrogen-bond acceptors (Lipinski definition) is 7. The molecule has 0 saturated carbocycles. The Hall–Kier alpha value is -0.581. The van der Waals surface area contributed by atoms with Gasteiger partial charge in [0.05, 0.1) is 19.3 Å². The molecular weight excluding hydrogens is 484 g/mol. The quantitative estimate of drug-likeness (QED) is 0.130. The number of halogens is 1. The van der Waals surface area contributed by atoms with Crippen LogP contribution in [0.2, 0.25) is 0 Å². The molecular formula is C17H30ClNO7Sn. The standard InChI is InChI=1S/C17H30ClNO7.Sn/c1-6-23-13(5)26-14(11-18)9-10-17(19-12(4)20,15(21)24-7-2)16(22)25-8-3;/h13-14H,6-11H2,1-5H3,(H,19,20);/t13?,14-;/m0./s1. The molecule has 4 radical (unpaired) electrons. The van der Waals surface area contributed by atoms with Crippen molar-refractivity contribution in [2.24, 2.45) is 0 Å². The molecule has 0 heterocycles. The van der Waals surface area contributed by atoms with Crippen LogP contribution in [0.5, 0.6) is 0 Å². The maximum atomic E-state index is 12.5. The van der Waals surface area contributed by atoms with E-state index in [1.165, 1.54) is 6.92 Å². The fraction of sp³-hybridized carbons (Fsp3) is 0.824. The summed E-state index contributed by atoms with van der Waals surface area (Å²) < 4.78 is 21.0. The Morgan fingerprint density at radius 1 is 1.04 bits per heavy atom. The normalized spacial score (nSPS) is 13.1. The Balaban J connectivity index is 0. The molecule has 0 aromatic heterocycles. The van der Waals surface area contributed by atoms with E-state index in [0.717, 1.165) is 0 Å². The molecule has 0 bridgehead atoms. The number of nitrogens with one attached hydrogen (secondary N) is 1. The van der Waals surface area contributed by atoms with Crippen LogP contribution in [0.25, 0.3) is 0 Å². The fourth-order valence-corrected chi connectivity index (χ4v) is 2.59. The molecule has 0 saturated heterocycles. The van der Waals surface area contributed by atoms with Crippen LogP contribution in [0.15, 0.2) is 0 Å². The number of esters is 2. The minimum atomic E-state index is -1.94. The van der Waals surface area contributed by atoms with Crippen LogP contribution < -0.4 is 5.32 Å². The first-order chi connectivity index (χ1) is 12.3.